The summed E-state index contributed by atoms with van der Waals surface area (Å²) in [4.78, 5) is 11.4. The molecule has 2 rings (SSSR count). The quantitative estimate of drug-likeness (QED) is 0.858. The van der Waals surface area contributed by atoms with Crippen molar-refractivity contribution < 1.29 is 19.2 Å². The molecule has 1 unspecified atom stereocenters. The van der Waals surface area contributed by atoms with Crippen molar-refractivity contribution in [2.45, 2.75) is 71.9 Å². The Morgan fingerprint density at radius 1 is 1.04 bits per heavy atom. The summed E-state index contributed by atoms with van der Waals surface area (Å²) in [7, 11) is -0.558. The lowest BCUT2D eigenvalue weighted by atomic mass is 9.65. The largest absolute Gasteiger partial charge is 0.481 e. The summed E-state index contributed by atoms with van der Waals surface area (Å²) < 4.78 is 12.2. The van der Waals surface area contributed by atoms with Gasteiger partial charge >= 0.3 is 13.1 Å². The van der Waals surface area contributed by atoms with Gasteiger partial charge in [0.05, 0.1) is 17.6 Å². The van der Waals surface area contributed by atoms with Gasteiger partial charge in [-0.25, -0.2) is 0 Å². The fourth-order valence-electron chi connectivity index (χ4n) is 2.98. The second-order valence-electron chi connectivity index (χ2n) is 7.62. The zero-order valence-corrected chi connectivity index (χ0v) is 15.2. The fraction of sp³-hybridized carbons (Fsp3) is 0.611. The number of carboxylic acid groups (broad SMARTS) is 1. The van der Waals surface area contributed by atoms with Crippen LogP contribution in [0.3, 0.4) is 0 Å². The third kappa shape index (κ3) is 3.46. The lowest BCUT2D eigenvalue weighted by Crippen LogP contribution is -2.41. The molecule has 0 radical (unpaired) electrons. The molecule has 4 nitrogen and oxygen atoms in total. The van der Waals surface area contributed by atoms with Crippen molar-refractivity contribution in [3.8, 4) is 0 Å². The van der Waals surface area contributed by atoms with Crippen LogP contribution in [-0.2, 0) is 14.1 Å². The minimum atomic E-state index is -0.845. The van der Waals surface area contributed by atoms with Gasteiger partial charge in [-0.15, -0.1) is 0 Å². The van der Waals surface area contributed by atoms with Crippen molar-refractivity contribution in [3.05, 3.63) is 34.4 Å². The fourth-order valence-corrected chi connectivity index (χ4v) is 2.98. The standard InChI is InChI=1S/C18H27BO4/c1-11-8-13(3)14(9-12(11)2)15(10-16(20)21)19-22-17(4,5)18(6,7)23-19/h8-9,15H,10H2,1-7H3,(H,20,21). The smallest absolute Gasteiger partial charge is 0.466 e. The maximum absolute atomic E-state index is 11.4. The van der Waals surface area contributed by atoms with Crippen molar-refractivity contribution in [1.29, 1.82) is 0 Å². The first-order valence-corrected chi connectivity index (χ1v) is 8.10. The summed E-state index contributed by atoms with van der Waals surface area (Å²) >= 11 is 0. The molecule has 1 aromatic carbocycles. The molecule has 0 spiro atoms. The van der Waals surface area contributed by atoms with Crippen molar-refractivity contribution in [2.75, 3.05) is 0 Å². The summed E-state index contributed by atoms with van der Waals surface area (Å²) in [6.45, 7) is 14.1. The first-order valence-electron chi connectivity index (χ1n) is 8.10. The molecule has 0 amide bonds. The molecule has 1 heterocycles. The molecule has 0 bridgehead atoms. The van der Waals surface area contributed by atoms with E-state index in [1.54, 1.807) is 0 Å². The lowest BCUT2D eigenvalue weighted by molar-refractivity contribution is -0.137. The number of aryl methyl sites for hydroxylation is 3. The maximum atomic E-state index is 11.4. The van der Waals surface area contributed by atoms with Gasteiger partial charge in [0.25, 0.3) is 0 Å². The van der Waals surface area contributed by atoms with Crippen molar-refractivity contribution >= 4 is 13.1 Å². The Labute approximate surface area is 139 Å². The molecule has 23 heavy (non-hydrogen) atoms. The molecule has 0 aromatic heterocycles. The SMILES string of the molecule is Cc1cc(C)c(C(CC(=O)O)B2OC(C)(C)C(C)(C)O2)cc1C. The van der Waals surface area contributed by atoms with E-state index in [9.17, 15) is 9.90 Å². The molecule has 1 fully saturated rings. The monoisotopic (exact) mass is 318 g/mol. The molecule has 1 aliphatic heterocycles. The Hall–Kier alpha value is -1.33. The summed E-state index contributed by atoms with van der Waals surface area (Å²) in [5.41, 5.74) is 3.49. The highest BCUT2D eigenvalue weighted by atomic mass is 16.7. The molecule has 1 atom stereocenters. The van der Waals surface area contributed by atoms with E-state index >= 15 is 0 Å². The number of rotatable bonds is 4. The van der Waals surface area contributed by atoms with Crippen molar-refractivity contribution in [3.63, 3.8) is 0 Å². The van der Waals surface area contributed by atoms with Crippen molar-refractivity contribution in [1.82, 2.24) is 0 Å². The highest BCUT2D eigenvalue weighted by molar-refractivity contribution is 6.48. The Morgan fingerprint density at radius 2 is 1.52 bits per heavy atom. The third-order valence-corrected chi connectivity index (χ3v) is 5.28. The van der Waals surface area contributed by atoms with Crippen molar-refractivity contribution in [2.24, 2.45) is 0 Å². The van der Waals surface area contributed by atoms with Gasteiger partial charge in [-0.1, -0.05) is 12.1 Å². The summed E-state index contributed by atoms with van der Waals surface area (Å²) in [6.07, 6.45) is -0.0137. The second-order valence-corrected chi connectivity index (χ2v) is 7.62. The minimum Gasteiger partial charge on any atom is -0.481 e. The van der Waals surface area contributed by atoms with Gasteiger partial charge in [0.15, 0.2) is 0 Å². The zero-order valence-electron chi connectivity index (χ0n) is 15.2. The average molecular weight is 318 g/mol. The molecule has 0 saturated carbocycles. The number of aliphatic carboxylic acids is 1. The van der Waals surface area contributed by atoms with Crippen LogP contribution in [-0.4, -0.2) is 29.4 Å². The topological polar surface area (TPSA) is 55.8 Å². The van der Waals surface area contributed by atoms with Gasteiger partial charge in [0.1, 0.15) is 0 Å². The normalized spacial score (nSPS) is 20.6. The third-order valence-electron chi connectivity index (χ3n) is 5.28. The number of benzene rings is 1. The first kappa shape index (κ1) is 18.0. The predicted octanol–water partition coefficient (Wildman–Crippen LogP) is 3.80. The minimum absolute atomic E-state index is 0.0137. The number of carboxylic acids is 1. The number of carbonyl (C=O) groups is 1. The van der Waals surface area contributed by atoms with Gasteiger partial charge in [0.2, 0.25) is 0 Å². The van der Waals surface area contributed by atoms with Crippen LogP contribution in [0.4, 0.5) is 0 Å². The highest BCUT2D eigenvalue weighted by Gasteiger charge is 2.54. The van der Waals surface area contributed by atoms with Gasteiger partial charge < -0.3 is 14.4 Å². The summed E-state index contributed by atoms with van der Waals surface area (Å²) in [5.74, 6) is -1.17. The number of hydrogen-bond acceptors (Lipinski definition) is 3. The van der Waals surface area contributed by atoms with E-state index < -0.39 is 24.3 Å². The Balaban J connectivity index is 2.44. The molecular formula is C18H27BO4. The van der Waals surface area contributed by atoms with E-state index in [2.05, 4.69) is 19.1 Å². The maximum Gasteiger partial charge on any atom is 0.466 e. The molecule has 1 saturated heterocycles. The van der Waals surface area contributed by atoms with E-state index in [0.717, 1.165) is 16.7 Å². The van der Waals surface area contributed by atoms with Crippen LogP contribution in [0.2, 0.25) is 0 Å². The number of hydrogen-bond donors (Lipinski definition) is 1. The molecule has 126 valence electrons. The van der Waals surface area contributed by atoms with Gasteiger partial charge in [-0.05, 0) is 70.7 Å². The van der Waals surface area contributed by atoms with E-state index in [1.807, 2.05) is 41.5 Å². The van der Waals surface area contributed by atoms with Crippen LogP contribution in [0.5, 0.6) is 0 Å². The molecule has 5 heteroatoms. The Bertz CT molecular complexity index is 606. The summed E-state index contributed by atoms with van der Waals surface area (Å²) in [5, 5.41) is 9.37. The van der Waals surface area contributed by atoms with E-state index in [-0.39, 0.29) is 12.2 Å². The van der Waals surface area contributed by atoms with E-state index in [4.69, 9.17) is 9.31 Å². The van der Waals surface area contributed by atoms with E-state index in [0.29, 0.717) is 0 Å². The molecule has 1 aliphatic rings. The Kier molecular flexibility index (Phi) is 4.66. The Morgan fingerprint density at radius 3 is 2.00 bits per heavy atom. The van der Waals surface area contributed by atoms with E-state index in [1.165, 1.54) is 5.56 Å². The van der Waals surface area contributed by atoms with Crippen LogP contribution in [0, 0.1) is 20.8 Å². The lowest BCUT2D eigenvalue weighted by Gasteiger charge is -2.32. The average Bonchev–Trinajstić information content (AvgIpc) is 2.60. The summed E-state index contributed by atoms with van der Waals surface area (Å²) in [6, 6.07) is 4.17. The van der Waals surface area contributed by atoms with Crippen LogP contribution in [0.1, 0.15) is 62.2 Å². The van der Waals surface area contributed by atoms with Crippen LogP contribution in [0.25, 0.3) is 0 Å². The van der Waals surface area contributed by atoms with Gasteiger partial charge in [-0.3, -0.25) is 4.79 Å². The zero-order chi connectivity index (χ0) is 17.6. The van der Waals surface area contributed by atoms with Crippen LogP contribution < -0.4 is 0 Å². The highest BCUT2D eigenvalue weighted by Crippen LogP contribution is 2.42. The molecule has 1 N–H and O–H groups in total. The molecule has 0 aliphatic carbocycles. The van der Waals surface area contributed by atoms with Gasteiger partial charge in [0, 0.05) is 5.82 Å². The molecular weight excluding hydrogens is 291 g/mol. The van der Waals surface area contributed by atoms with Crippen LogP contribution in [0.15, 0.2) is 12.1 Å². The first-order chi connectivity index (χ1) is 10.4. The van der Waals surface area contributed by atoms with Crippen LogP contribution >= 0.6 is 0 Å². The second kappa shape index (κ2) is 5.95. The predicted molar refractivity (Wildman–Crippen MR) is 91.7 cm³/mol. The van der Waals surface area contributed by atoms with Gasteiger partial charge in [-0.2, -0.15) is 0 Å². The molecule has 1 aromatic rings.